The minimum atomic E-state index is -1.36. The lowest BCUT2D eigenvalue weighted by Gasteiger charge is -2.49. The molecule has 0 bridgehead atoms. The van der Waals surface area contributed by atoms with Gasteiger partial charge in [0, 0.05) is 33.6 Å². The molecule has 1 aromatic carbocycles. The molecule has 0 saturated carbocycles. The average molecular weight is 753 g/mol. The molecule has 3 rings (SSSR count). The van der Waals surface area contributed by atoms with Crippen molar-refractivity contribution < 1.29 is 71.3 Å². The first-order valence-corrected chi connectivity index (χ1v) is 18.2. The highest BCUT2D eigenvalue weighted by molar-refractivity contribution is 5.68. The van der Waals surface area contributed by atoms with E-state index in [1.165, 1.54) is 27.7 Å². The van der Waals surface area contributed by atoms with Crippen LogP contribution in [0, 0.1) is 5.92 Å². The van der Waals surface area contributed by atoms with Crippen molar-refractivity contribution in [2.75, 3.05) is 13.2 Å². The van der Waals surface area contributed by atoms with Gasteiger partial charge in [-0.05, 0) is 35.8 Å². The predicted molar refractivity (Wildman–Crippen MR) is 187 cm³/mol. The first kappa shape index (κ1) is 43.6. The third-order valence-corrected chi connectivity index (χ3v) is 8.99. The van der Waals surface area contributed by atoms with E-state index in [1.54, 1.807) is 6.92 Å². The van der Waals surface area contributed by atoms with E-state index in [1.807, 2.05) is 59.7 Å². The predicted octanol–water partition coefficient (Wildman–Crippen LogP) is 5.48. The number of rotatable bonds is 15. The van der Waals surface area contributed by atoms with Crippen LogP contribution in [0.4, 0.5) is 4.79 Å². The SMILES string of the molecule is CC[C@H]1O[C@@H](OCCOC(=O)Oc2c(C(C)C)cccc2C(C)C)[C@H](OC(C)=O)[C@@H](OC(C)=O)C1OC1O[C@H](CC)[C@@H](C)[C@H](OC(C)=O)[C@H]1OC(C)=O. The Labute approximate surface area is 311 Å². The summed E-state index contributed by atoms with van der Waals surface area (Å²) in [5.41, 5.74) is 1.73. The summed E-state index contributed by atoms with van der Waals surface area (Å²) >= 11 is 0. The van der Waals surface area contributed by atoms with Gasteiger partial charge >= 0.3 is 30.0 Å². The van der Waals surface area contributed by atoms with Crippen molar-refractivity contribution in [3.63, 3.8) is 0 Å². The number of hydrogen-bond acceptors (Lipinski definition) is 15. The minimum Gasteiger partial charge on any atom is -0.458 e. The second kappa shape index (κ2) is 20.0. The smallest absolute Gasteiger partial charge is 0.458 e. The second-order valence-electron chi connectivity index (χ2n) is 13.8. The van der Waals surface area contributed by atoms with E-state index in [4.69, 9.17) is 47.4 Å². The molecule has 0 radical (unpaired) electrons. The third kappa shape index (κ3) is 11.8. The van der Waals surface area contributed by atoms with Crippen molar-refractivity contribution in [3.05, 3.63) is 29.3 Å². The van der Waals surface area contributed by atoms with Crippen LogP contribution in [0.5, 0.6) is 5.75 Å². The van der Waals surface area contributed by atoms with Crippen LogP contribution < -0.4 is 4.74 Å². The lowest BCUT2D eigenvalue weighted by atomic mass is 9.88. The molecule has 15 nitrogen and oxygen atoms in total. The molecule has 0 spiro atoms. The van der Waals surface area contributed by atoms with E-state index in [0.717, 1.165) is 11.1 Å². The summed E-state index contributed by atoms with van der Waals surface area (Å²) in [5, 5.41) is 0. The number of esters is 4. The van der Waals surface area contributed by atoms with Crippen molar-refractivity contribution in [2.45, 2.75) is 156 Å². The van der Waals surface area contributed by atoms with Crippen LogP contribution in [0.25, 0.3) is 0 Å². The highest BCUT2D eigenvalue weighted by atomic mass is 16.8. The average Bonchev–Trinajstić information content (AvgIpc) is 3.06. The molecule has 0 aliphatic carbocycles. The Morgan fingerprint density at radius 3 is 1.60 bits per heavy atom. The fourth-order valence-electron chi connectivity index (χ4n) is 6.60. The van der Waals surface area contributed by atoms with E-state index in [-0.39, 0.29) is 37.4 Å². The molecule has 10 atom stereocenters. The number of carbonyl (C=O) groups excluding carboxylic acids is 5. The number of hydrogen-bond donors (Lipinski definition) is 0. The molecule has 2 aliphatic heterocycles. The first-order chi connectivity index (χ1) is 25.0. The molecule has 0 aromatic heterocycles. The van der Waals surface area contributed by atoms with Gasteiger partial charge in [-0.15, -0.1) is 0 Å². The summed E-state index contributed by atoms with van der Waals surface area (Å²) in [4.78, 5) is 62.1. The number of benzene rings is 1. The van der Waals surface area contributed by atoms with Crippen LogP contribution >= 0.6 is 0 Å². The van der Waals surface area contributed by atoms with Gasteiger partial charge in [0.25, 0.3) is 0 Å². The Morgan fingerprint density at radius 1 is 0.642 bits per heavy atom. The molecular weight excluding hydrogens is 696 g/mol. The van der Waals surface area contributed by atoms with E-state index < -0.39 is 85.3 Å². The van der Waals surface area contributed by atoms with Crippen molar-refractivity contribution in [2.24, 2.45) is 5.92 Å². The van der Waals surface area contributed by atoms with Crippen LogP contribution in [0.1, 0.15) is 112 Å². The molecule has 1 aromatic rings. The summed E-state index contributed by atoms with van der Waals surface area (Å²) in [6.45, 7) is 17.8. The zero-order valence-corrected chi connectivity index (χ0v) is 32.6. The van der Waals surface area contributed by atoms with Crippen LogP contribution in [-0.4, -0.2) is 98.6 Å². The first-order valence-electron chi connectivity index (χ1n) is 18.2. The van der Waals surface area contributed by atoms with Crippen molar-refractivity contribution in [1.82, 2.24) is 0 Å². The molecule has 53 heavy (non-hydrogen) atoms. The van der Waals surface area contributed by atoms with Gasteiger partial charge < -0.3 is 47.4 Å². The van der Waals surface area contributed by atoms with E-state index in [9.17, 15) is 24.0 Å². The molecular formula is C38H56O15. The third-order valence-electron chi connectivity index (χ3n) is 8.99. The Hall–Kier alpha value is -3.79. The van der Waals surface area contributed by atoms with E-state index in [2.05, 4.69) is 0 Å². The molecule has 2 unspecified atom stereocenters. The van der Waals surface area contributed by atoms with E-state index in [0.29, 0.717) is 12.2 Å². The highest BCUT2D eigenvalue weighted by Crippen LogP contribution is 2.38. The molecule has 2 aliphatic rings. The summed E-state index contributed by atoms with van der Waals surface area (Å²) < 4.78 is 58.5. The topological polar surface area (TPSA) is 178 Å². The zero-order valence-electron chi connectivity index (χ0n) is 32.6. The second-order valence-corrected chi connectivity index (χ2v) is 13.8. The maximum Gasteiger partial charge on any atom is 0.513 e. The summed E-state index contributed by atoms with van der Waals surface area (Å²) in [6.07, 6.45) is -10.0. The maximum atomic E-state index is 12.8. The zero-order chi connectivity index (χ0) is 39.6. The molecule has 0 amide bonds. The Morgan fingerprint density at radius 2 is 1.11 bits per heavy atom. The summed E-state index contributed by atoms with van der Waals surface area (Å²) in [7, 11) is 0. The van der Waals surface area contributed by atoms with Crippen LogP contribution in [0.15, 0.2) is 18.2 Å². The highest BCUT2D eigenvalue weighted by Gasteiger charge is 2.55. The van der Waals surface area contributed by atoms with Crippen molar-refractivity contribution in [3.8, 4) is 5.75 Å². The van der Waals surface area contributed by atoms with Crippen LogP contribution in [-0.2, 0) is 61.8 Å². The van der Waals surface area contributed by atoms with Gasteiger partial charge in [-0.1, -0.05) is 66.7 Å². The Balaban J connectivity index is 1.84. The van der Waals surface area contributed by atoms with Gasteiger partial charge in [-0.3, -0.25) is 19.2 Å². The van der Waals surface area contributed by atoms with E-state index >= 15 is 0 Å². The molecule has 2 heterocycles. The number of para-hydroxylation sites is 1. The lowest BCUT2D eigenvalue weighted by Crippen LogP contribution is -2.64. The Bertz CT molecular complexity index is 1380. The van der Waals surface area contributed by atoms with Gasteiger partial charge in [0.05, 0.1) is 18.8 Å². The summed E-state index contributed by atoms with van der Waals surface area (Å²) in [6, 6.07) is 5.72. The van der Waals surface area contributed by atoms with Crippen molar-refractivity contribution >= 4 is 30.0 Å². The number of carbonyl (C=O) groups is 5. The fraction of sp³-hybridized carbons (Fsp3) is 0.711. The fourth-order valence-corrected chi connectivity index (χ4v) is 6.60. The van der Waals surface area contributed by atoms with Gasteiger partial charge in [0.15, 0.2) is 30.9 Å². The standard InChI is InChI=1S/C38H56O15/c1-12-28-21(7)30(46-22(8)39)34(48-24(10)41)37(50-28)52-32-29(13-2)51-36(35(49-25(11)42)33(32)47-23(9)40)44-17-18-45-38(43)53-31-26(19(3)4)15-14-16-27(31)20(5)6/h14-16,19-21,28-30,32-37H,12-13,17-18H2,1-11H3/t21-,28-,29-,30+,32?,33+,34-,35-,36-,37?/m1/s1. The van der Waals surface area contributed by atoms with Gasteiger partial charge in [0.1, 0.15) is 24.6 Å². The van der Waals surface area contributed by atoms with Gasteiger partial charge in [-0.25, -0.2) is 4.79 Å². The molecule has 2 saturated heterocycles. The van der Waals surface area contributed by atoms with Crippen LogP contribution in [0.3, 0.4) is 0 Å². The molecule has 15 heteroatoms. The largest absolute Gasteiger partial charge is 0.513 e. The quantitative estimate of drug-likeness (QED) is 0.0951. The van der Waals surface area contributed by atoms with Crippen molar-refractivity contribution in [1.29, 1.82) is 0 Å². The number of ether oxygens (including phenoxy) is 10. The molecule has 2 fully saturated rings. The Kier molecular flexibility index (Phi) is 16.5. The minimum absolute atomic E-state index is 0.0927. The van der Waals surface area contributed by atoms with Gasteiger partial charge in [-0.2, -0.15) is 0 Å². The molecule has 0 N–H and O–H groups in total. The van der Waals surface area contributed by atoms with Gasteiger partial charge in [0.2, 0.25) is 0 Å². The maximum absolute atomic E-state index is 12.8. The lowest BCUT2D eigenvalue weighted by molar-refractivity contribution is -0.354. The molecule has 298 valence electrons. The van der Waals surface area contributed by atoms with Crippen LogP contribution in [0.2, 0.25) is 0 Å². The summed E-state index contributed by atoms with van der Waals surface area (Å²) in [5.74, 6) is -2.45. The normalized spacial score (nSPS) is 28.5. The monoisotopic (exact) mass is 752 g/mol.